The van der Waals surface area contributed by atoms with Crippen molar-refractivity contribution in [2.45, 2.75) is 39.0 Å². The first-order valence-electron chi connectivity index (χ1n) is 4.22. The molecule has 0 aliphatic heterocycles. The monoisotopic (exact) mass is 318 g/mol. The fraction of sp³-hybridized carbons (Fsp3) is 1.00. The van der Waals surface area contributed by atoms with Crippen molar-refractivity contribution in [3.8, 4) is 0 Å². The number of hydrogen-bond acceptors (Lipinski definition) is 0. The van der Waals surface area contributed by atoms with Crippen molar-refractivity contribution in [3.63, 3.8) is 0 Å². The van der Waals surface area contributed by atoms with Crippen LogP contribution in [0.1, 0.15) is 34.1 Å². The molecule has 0 bridgehead atoms. The van der Waals surface area contributed by atoms with Gasteiger partial charge in [-0.25, -0.2) is 0 Å². The Morgan fingerprint density at radius 2 is 1.83 bits per heavy atom. The summed E-state index contributed by atoms with van der Waals surface area (Å²) < 4.78 is 0. The maximum atomic E-state index is 6.20. The summed E-state index contributed by atoms with van der Waals surface area (Å²) in [6.45, 7) is 8.83. The predicted octanol–water partition coefficient (Wildman–Crippen LogP) is 3.80. The first kappa shape index (κ1) is 13.5. The lowest BCUT2D eigenvalue weighted by atomic mass is 9.85. The quantitative estimate of drug-likeness (QED) is 0.313. The van der Waals surface area contributed by atoms with E-state index in [0.29, 0.717) is 5.41 Å². The molecule has 0 aromatic heterocycles. The highest BCUT2D eigenvalue weighted by Gasteiger charge is 2.26. The molecule has 1 unspecified atom stereocenters. The Kier molecular flexibility index (Phi) is 6.09. The molecule has 0 aliphatic carbocycles. The molecule has 0 aliphatic rings. The van der Waals surface area contributed by atoms with E-state index in [-0.39, 0.29) is 4.87 Å². The van der Waals surface area contributed by atoms with Crippen LogP contribution in [0, 0.1) is 5.41 Å². The van der Waals surface area contributed by atoms with Crippen LogP contribution in [0.4, 0.5) is 0 Å². The third-order valence-corrected chi connectivity index (χ3v) is 4.74. The van der Waals surface area contributed by atoms with E-state index >= 15 is 0 Å². The van der Waals surface area contributed by atoms with E-state index in [1.165, 1.54) is 11.0 Å². The molecule has 0 aromatic carbocycles. The summed E-state index contributed by atoms with van der Waals surface area (Å²) in [6, 6.07) is 0. The van der Waals surface area contributed by atoms with Crippen LogP contribution in [0.25, 0.3) is 0 Å². The van der Waals surface area contributed by atoms with Gasteiger partial charge in [0.1, 0.15) is 0 Å². The van der Waals surface area contributed by atoms with Gasteiger partial charge in [0.15, 0.2) is 0 Å². The van der Waals surface area contributed by atoms with E-state index in [0.717, 1.165) is 14.9 Å². The first-order chi connectivity index (χ1) is 5.27. The molecule has 0 spiro atoms. The Bertz CT molecular complexity index is 134. The molecule has 0 nitrogen and oxygen atoms in total. The summed E-state index contributed by atoms with van der Waals surface area (Å²) in [5.41, 5.74) is 0.412. The van der Waals surface area contributed by atoms with Gasteiger partial charge in [-0.1, -0.05) is 13.8 Å². The smallest absolute Gasteiger partial charge is 0.148 e. The van der Waals surface area contributed by atoms with Gasteiger partial charge >= 0.3 is 0 Å². The van der Waals surface area contributed by atoms with Gasteiger partial charge in [-0.2, -0.15) is 0 Å². The van der Waals surface area contributed by atoms with Crippen molar-refractivity contribution < 1.29 is 0 Å². The second-order valence-corrected chi connectivity index (χ2v) is 9.05. The van der Waals surface area contributed by atoms with Gasteiger partial charge in [0.05, 0.1) is 0 Å². The van der Waals surface area contributed by atoms with Gasteiger partial charge in [-0.3, -0.25) is 0 Å². The van der Waals surface area contributed by atoms with Crippen molar-refractivity contribution in [3.05, 3.63) is 0 Å². The second kappa shape index (κ2) is 5.41. The second-order valence-electron chi connectivity index (χ2n) is 4.62. The number of rotatable bonds is 5. The largest absolute Gasteiger partial charge is 0.225 e. The lowest BCUT2D eigenvalue weighted by Gasteiger charge is -2.30. The first-order valence-corrected chi connectivity index (χ1v) is 7.54. The molecule has 0 aromatic rings. The minimum atomic E-state index is -0.0424. The van der Waals surface area contributed by atoms with Gasteiger partial charge in [0.25, 0.3) is 0 Å². The van der Waals surface area contributed by atoms with Gasteiger partial charge in [-0.05, 0) is 31.8 Å². The molecule has 1 atom stereocenters. The molecule has 0 N–H and O–H groups in total. The van der Waals surface area contributed by atoms with E-state index < -0.39 is 0 Å². The normalized spacial score (nSPS) is 14.2. The van der Waals surface area contributed by atoms with Crippen LogP contribution in [0.2, 0.25) is 0 Å². The molecule has 12 heavy (non-hydrogen) atoms. The van der Waals surface area contributed by atoms with Crippen molar-refractivity contribution in [2.24, 2.45) is 5.41 Å². The Morgan fingerprint density at radius 3 is 2.17 bits per heavy atom. The fourth-order valence-corrected chi connectivity index (χ4v) is 3.65. The Hall–Kier alpha value is 1.51. The highest BCUT2D eigenvalue weighted by atomic mass is 127. The zero-order chi connectivity index (χ0) is 9.83. The van der Waals surface area contributed by atoms with Crippen LogP contribution >= 0.6 is 42.4 Å². The van der Waals surface area contributed by atoms with E-state index in [9.17, 15) is 0 Å². The zero-order valence-electron chi connectivity index (χ0n) is 8.38. The third kappa shape index (κ3) is 8.13. The maximum Gasteiger partial charge on any atom is 0.225 e. The van der Waals surface area contributed by atoms with Gasteiger partial charge < -0.3 is 0 Å². The minimum absolute atomic E-state index is 0.0424. The van der Waals surface area contributed by atoms with Crippen LogP contribution in [0.3, 0.4) is 0 Å². The van der Waals surface area contributed by atoms with Gasteiger partial charge in [-0.15, -0.1) is 42.4 Å². The molecule has 0 saturated heterocycles. The molecule has 4 heteroatoms. The van der Waals surface area contributed by atoms with Gasteiger partial charge in [0.2, 0.25) is 4.86 Å². The van der Waals surface area contributed by atoms with E-state index in [2.05, 4.69) is 50.1 Å². The molecule has 0 amide bonds. The molecule has 0 saturated carbocycles. The summed E-state index contributed by atoms with van der Waals surface area (Å²) in [5.74, 6) is 0. The SMILES string of the molecule is CC(C)(Cl)CC(C)(C)CPBI. The van der Waals surface area contributed by atoms with E-state index in [4.69, 9.17) is 11.6 Å². The molecule has 0 rings (SSSR count). The summed E-state index contributed by atoms with van der Waals surface area (Å²) in [7, 11) is 1.08. The topological polar surface area (TPSA) is 0 Å². The predicted molar refractivity (Wildman–Crippen MR) is 72.7 cm³/mol. The van der Waals surface area contributed by atoms with Crippen LogP contribution < -0.4 is 0 Å². The molecule has 0 heterocycles. The fourth-order valence-electron chi connectivity index (χ4n) is 1.59. The molecule has 72 valence electrons. The Labute approximate surface area is 97.5 Å². The molecular formula is C8H18BClIP. The maximum absolute atomic E-state index is 6.20. The van der Waals surface area contributed by atoms with Crippen LogP contribution in [0.5, 0.6) is 0 Å². The molecule has 0 radical (unpaired) electrons. The standard InChI is InChI=1S/C8H18BClIP/c1-7(2,6-12-9-11)5-8(3,4)10/h9,12H,5-6H2,1-4H3. The number of halogens is 2. The third-order valence-electron chi connectivity index (χ3n) is 1.60. The van der Waals surface area contributed by atoms with E-state index in [1.807, 2.05) is 0 Å². The van der Waals surface area contributed by atoms with Crippen molar-refractivity contribution in [1.29, 1.82) is 0 Å². The highest BCUT2D eigenvalue weighted by Crippen LogP contribution is 2.36. The summed E-state index contributed by atoms with van der Waals surface area (Å²) in [4.78, 5) is 1.24. The van der Waals surface area contributed by atoms with Crippen molar-refractivity contribution >= 4 is 47.3 Å². The highest BCUT2D eigenvalue weighted by molar-refractivity contribution is 14.1. The molecular weight excluding hydrogens is 300 g/mol. The lowest BCUT2D eigenvalue weighted by molar-refractivity contribution is 0.343. The van der Waals surface area contributed by atoms with E-state index in [1.54, 1.807) is 0 Å². The average Bonchev–Trinajstić information content (AvgIpc) is 1.78. The van der Waals surface area contributed by atoms with Crippen LogP contribution in [0.15, 0.2) is 0 Å². The Balaban J connectivity index is 3.86. The van der Waals surface area contributed by atoms with Crippen LogP contribution in [-0.4, -0.2) is 15.9 Å². The Morgan fingerprint density at radius 1 is 1.33 bits per heavy atom. The minimum Gasteiger partial charge on any atom is -0.148 e. The summed E-state index contributed by atoms with van der Waals surface area (Å²) in [5, 5.41) is 0. The summed E-state index contributed by atoms with van der Waals surface area (Å²) >= 11 is 8.64. The van der Waals surface area contributed by atoms with Gasteiger partial charge in [0, 0.05) is 4.87 Å². The van der Waals surface area contributed by atoms with Crippen LogP contribution in [-0.2, 0) is 0 Å². The zero-order valence-corrected chi connectivity index (χ0v) is 12.3. The summed E-state index contributed by atoms with van der Waals surface area (Å²) in [6.07, 6.45) is 2.41. The van der Waals surface area contributed by atoms with Crippen molar-refractivity contribution in [2.75, 3.05) is 6.16 Å². The molecule has 0 fully saturated rings. The number of alkyl halides is 1. The number of hydrogen-bond donors (Lipinski definition) is 0. The average molecular weight is 318 g/mol. The van der Waals surface area contributed by atoms with Crippen molar-refractivity contribution in [1.82, 2.24) is 0 Å². The lowest BCUT2D eigenvalue weighted by Crippen LogP contribution is -2.25.